The number of carboxylic acid groups (broad SMARTS) is 4. The van der Waals surface area contributed by atoms with Crippen LogP contribution in [0.4, 0.5) is 0 Å². The fraction of sp³-hybridized carbons (Fsp3) is 0. The molecule has 0 bridgehead atoms. The minimum Gasteiger partial charge on any atom is -0.545 e. The second-order valence-electron chi connectivity index (χ2n) is 7.54. The van der Waals surface area contributed by atoms with Crippen molar-refractivity contribution in [3.05, 3.63) is 135 Å². The van der Waals surface area contributed by atoms with Crippen molar-refractivity contribution < 1.29 is 39.6 Å². The smallest absolute Gasteiger partial charge is 0.0745 e. The summed E-state index contributed by atoms with van der Waals surface area (Å²) in [6.45, 7) is 0. The third kappa shape index (κ3) is 13.7. The zero-order chi connectivity index (χ0) is 33.7. The van der Waals surface area contributed by atoms with E-state index in [1.54, 1.807) is 24.3 Å². The normalized spacial score (nSPS) is 9.42. The Morgan fingerprint density at radius 2 is 0.444 bits per heavy atom. The maximum atomic E-state index is 10.4. The minimum absolute atomic E-state index is 0. The van der Waals surface area contributed by atoms with Crippen molar-refractivity contribution in [3.63, 3.8) is 0 Å². The summed E-state index contributed by atoms with van der Waals surface area (Å²) in [5.41, 5.74) is -0.627. The molecule has 0 atom stereocenters. The van der Waals surface area contributed by atoms with Crippen molar-refractivity contribution in [2.45, 2.75) is 0 Å². The average molecular weight is 967 g/mol. The van der Waals surface area contributed by atoms with Gasteiger partial charge in [-0.15, -0.1) is 0 Å². The van der Waals surface area contributed by atoms with Crippen molar-refractivity contribution in [1.82, 2.24) is 0 Å². The van der Waals surface area contributed by atoms with Crippen LogP contribution in [0.25, 0.3) is 0 Å². The monoisotopic (exact) mass is 964 g/mol. The number of hydrogen-bond donors (Lipinski definition) is 0. The molecule has 4 rings (SSSR count). The van der Waals surface area contributed by atoms with Crippen LogP contribution in [-0.4, -0.2) is 51.2 Å². The van der Waals surface area contributed by atoms with Crippen LogP contribution in [-0.2, 0) is 0 Å². The molecular formula is C28H12Cl8O8Pb-4. The molecule has 17 heteroatoms. The Kier molecular flexibility index (Phi) is 20.1. The van der Waals surface area contributed by atoms with Crippen LogP contribution < -0.4 is 20.4 Å². The molecule has 0 aliphatic carbocycles. The molecule has 0 heterocycles. The molecule has 0 saturated carbocycles. The van der Waals surface area contributed by atoms with E-state index in [-0.39, 0.29) is 89.7 Å². The number of benzene rings is 4. The molecule has 0 fully saturated rings. The second-order valence-corrected chi connectivity index (χ2v) is 10.8. The molecule has 0 amide bonds. The van der Waals surface area contributed by atoms with Crippen molar-refractivity contribution in [3.8, 4) is 0 Å². The molecule has 4 aromatic carbocycles. The van der Waals surface area contributed by atoms with Gasteiger partial charge in [0.15, 0.2) is 0 Å². The van der Waals surface area contributed by atoms with Crippen LogP contribution in [0, 0.1) is 0 Å². The molecule has 8 nitrogen and oxygen atoms in total. The second kappa shape index (κ2) is 21.0. The number of aromatic carboxylic acids is 4. The predicted molar refractivity (Wildman–Crippen MR) is 169 cm³/mol. The standard InChI is InChI=1S/4C7H4Cl2O2.Pb/c4*8-4-2-1-3-5(9)6(4)7(10)11;/h4*1-3H,(H,10,11);/p-4. The Morgan fingerprint density at radius 3 is 0.511 bits per heavy atom. The van der Waals surface area contributed by atoms with Gasteiger partial charge in [-0.1, -0.05) is 117 Å². The molecule has 0 aliphatic rings. The molecule has 4 radical (unpaired) electrons. The van der Waals surface area contributed by atoms with E-state index in [1.165, 1.54) is 48.5 Å². The number of carboxylic acids is 4. The molecule has 0 spiro atoms. The third-order valence-corrected chi connectivity index (χ3v) is 7.19. The van der Waals surface area contributed by atoms with E-state index in [4.69, 9.17) is 92.8 Å². The zero-order valence-corrected chi connectivity index (χ0v) is 31.7. The Balaban J connectivity index is 0.000000569. The Morgan fingerprint density at radius 1 is 0.333 bits per heavy atom. The summed E-state index contributed by atoms with van der Waals surface area (Å²) >= 11 is 44.2. The maximum absolute atomic E-state index is 10.4. The van der Waals surface area contributed by atoms with Gasteiger partial charge >= 0.3 is 0 Å². The summed E-state index contributed by atoms with van der Waals surface area (Å²) in [7, 11) is 0. The van der Waals surface area contributed by atoms with Crippen LogP contribution in [0.5, 0.6) is 0 Å². The van der Waals surface area contributed by atoms with E-state index in [0.717, 1.165) is 0 Å². The van der Waals surface area contributed by atoms with Gasteiger partial charge in [0.05, 0.1) is 64.1 Å². The fourth-order valence-corrected chi connectivity index (χ4v) is 4.98. The van der Waals surface area contributed by atoms with Gasteiger partial charge in [0.25, 0.3) is 0 Å². The predicted octanol–water partition coefficient (Wildman–Crippen LogP) is 5.05. The van der Waals surface area contributed by atoms with Crippen LogP contribution in [0.1, 0.15) is 41.4 Å². The Hall–Kier alpha value is -2.00. The van der Waals surface area contributed by atoms with Gasteiger partial charge in [0.2, 0.25) is 0 Å². The van der Waals surface area contributed by atoms with Crippen LogP contribution in [0.2, 0.25) is 40.2 Å². The topological polar surface area (TPSA) is 161 Å². The summed E-state index contributed by atoms with van der Waals surface area (Å²) in [4.78, 5) is 41.5. The van der Waals surface area contributed by atoms with Gasteiger partial charge in [0.1, 0.15) is 0 Å². The molecule has 0 aromatic heterocycles. The first kappa shape index (κ1) is 43.0. The molecular weight excluding hydrogens is 955 g/mol. The zero-order valence-electron chi connectivity index (χ0n) is 21.7. The molecule has 45 heavy (non-hydrogen) atoms. The Bertz CT molecular complexity index is 1360. The van der Waals surface area contributed by atoms with Gasteiger partial charge < -0.3 is 39.6 Å². The molecule has 0 unspecified atom stereocenters. The largest absolute Gasteiger partial charge is 0.545 e. The fourth-order valence-electron chi connectivity index (χ4n) is 2.77. The molecule has 4 aromatic rings. The number of halogens is 8. The number of rotatable bonds is 4. The van der Waals surface area contributed by atoms with E-state index in [2.05, 4.69) is 0 Å². The van der Waals surface area contributed by atoms with Crippen LogP contribution >= 0.6 is 92.8 Å². The van der Waals surface area contributed by atoms with Crippen molar-refractivity contribution >= 4 is 144 Å². The van der Waals surface area contributed by atoms with Crippen LogP contribution in [0.3, 0.4) is 0 Å². The molecule has 0 aliphatic heterocycles. The van der Waals surface area contributed by atoms with Gasteiger partial charge in [-0.25, -0.2) is 0 Å². The molecule has 236 valence electrons. The van der Waals surface area contributed by atoms with Gasteiger partial charge in [-0.05, 0) is 48.5 Å². The summed E-state index contributed by atoms with van der Waals surface area (Å²) in [6, 6.07) is 17.8. The minimum atomic E-state index is -1.36. The molecule has 0 saturated heterocycles. The van der Waals surface area contributed by atoms with E-state index >= 15 is 0 Å². The van der Waals surface area contributed by atoms with E-state index in [1.807, 2.05) is 0 Å². The van der Waals surface area contributed by atoms with Crippen molar-refractivity contribution in [1.29, 1.82) is 0 Å². The third-order valence-electron chi connectivity index (χ3n) is 4.67. The number of carbonyl (C=O) groups is 4. The summed E-state index contributed by atoms with van der Waals surface area (Å²) < 4.78 is 0. The quantitative estimate of drug-likeness (QED) is 0.257. The molecule has 0 N–H and O–H groups in total. The summed E-state index contributed by atoms with van der Waals surface area (Å²) in [5.74, 6) is -5.44. The van der Waals surface area contributed by atoms with E-state index in [0.29, 0.717) is 0 Å². The summed E-state index contributed by atoms with van der Waals surface area (Å²) in [6.07, 6.45) is 0. The van der Waals surface area contributed by atoms with E-state index in [9.17, 15) is 39.6 Å². The van der Waals surface area contributed by atoms with Gasteiger partial charge in [0, 0.05) is 49.6 Å². The maximum Gasteiger partial charge on any atom is 0.0745 e. The van der Waals surface area contributed by atoms with Crippen LogP contribution in [0.15, 0.2) is 72.8 Å². The Labute approximate surface area is 316 Å². The average Bonchev–Trinajstić information content (AvgIpc) is 2.89. The van der Waals surface area contributed by atoms with Crippen molar-refractivity contribution in [2.75, 3.05) is 0 Å². The first-order valence-electron chi connectivity index (χ1n) is 11.1. The SMILES string of the molecule is O=C([O-])c1c(Cl)cccc1Cl.O=C([O-])c1c(Cl)cccc1Cl.O=C([O-])c1c(Cl)cccc1Cl.O=C([O-])c1c(Cl)cccc1Cl.[Pb]. The number of carbonyl (C=O) groups excluding carboxylic acids is 4. The van der Waals surface area contributed by atoms with Gasteiger partial charge in [-0.3, -0.25) is 0 Å². The first-order chi connectivity index (χ1) is 20.5. The van der Waals surface area contributed by atoms with E-state index < -0.39 is 23.9 Å². The van der Waals surface area contributed by atoms with Crippen molar-refractivity contribution in [2.24, 2.45) is 0 Å². The summed E-state index contributed by atoms with van der Waals surface area (Å²) in [5, 5.41) is 42.2. The first-order valence-corrected chi connectivity index (χ1v) is 14.1. The van der Waals surface area contributed by atoms with Gasteiger partial charge in [-0.2, -0.15) is 0 Å². The number of hydrogen-bond acceptors (Lipinski definition) is 8.